The topological polar surface area (TPSA) is 37.3 Å². The summed E-state index contributed by atoms with van der Waals surface area (Å²) in [4.78, 5) is 10.8. The van der Waals surface area contributed by atoms with Gasteiger partial charge in [0, 0.05) is 5.41 Å². The highest BCUT2D eigenvalue weighted by Crippen LogP contribution is 2.53. The summed E-state index contributed by atoms with van der Waals surface area (Å²) in [7, 11) is 0. The van der Waals surface area contributed by atoms with Gasteiger partial charge in [-0.25, -0.2) is 0 Å². The highest BCUT2D eigenvalue weighted by atomic mass is 16.4. The van der Waals surface area contributed by atoms with Crippen molar-refractivity contribution < 1.29 is 9.90 Å². The van der Waals surface area contributed by atoms with Gasteiger partial charge in [0.2, 0.25) is 0 Å². The number of hydrogen-bond acceptors (Lipinski definition) is 1. The summed E-state index contributed by atoms with van der Waals surface area (Å²) < 4.78 is 0. The van der Waals surface area contributed by atoms with Crippen molar-refractivity contribution in [2.45, 2.75) is 25.7 Å². The van der Waals surface area contributed by atoms with E-state index < -0.39 is 5.97 Å². The Kier molecular flexibility index (Phi) is 1.88. The molecule has 0 aliphatic heterocycles. The first-order chi connectivity index (χ1) is 6.54. The molecule has 2 heteroatoms. The Morgan fingerprint density at radius 3 is 2.43 bits per heavy atom. The number of carboxylic acids is 1. The molecule has 2 nitrogen and oxygen atoms in total. The van der Waals surface area contributed by atoms with Crippen molar-refractivity contribution >= 4 is 5.97 Å². The van der Waals surface area contributed by atoms with Gasteiger partial charge < -0.3 is 5.11 Å². The predicted octanol–water partition coefficient (Wildman–Crippen LogP) is 2.36. The molecule has 1 aliphatic carbocycles. The molecule has 0 amide bonds. The minimum atomic E-state index is -0.673. The average Bonchev–Trinajstić information content (AvgIpc) is 2.80. The lowest BCUT2D eigenvalue weighted by molar-refractivity contribution is -0.138. The fourth-order valence-corrected chi connectivity index (χ4v) is 1.98. The van der Waals surface area contributed by atoms with Gasteiger partial charge in [-0.05, 0) is 18.9 Å². The number of aryl methyl sites for hydroxylation is 1. The zero-order chi connectivity index (χ0) is 10.3. The molecule has 0 spiro atoms. The molecular formula is C12H14O2. The molecule has 0 saturated heterocycles. The van der Waals surface area contributed by atoms with Crippen molar-refractivity contribution in [2.75, 3.05) is 0 Å². The second-order valence-electron chi connectivity index (χ2n) is 4.38. The monoisotopic (exact) mass is 190 g/mol. The zero-order valence-corrected chi connectivity index (χ0v) is 8.45. The van der Waals surface area contributed by atoms with Crippen LogP contribution >= 0.6 is 0 Å². The summed E-state index contributed by atoms with van der Waals surface area (Å²) in [5.41, 5.74) is 2.24. The van der Waals surface area contributed by atoms with E-state index in [4.69, 9.17) is 5.11 Å². The van der Waals surface area contributed by atoms with Crippen LogP contribution < -0.4 is 0 Å². The normalized spacial score (nSPS) is 30.0. The quantitative estimate of drug-likeness (QED) is 0.777. The fraction of sp³-hybridized carbons (Fsp3) is 0.417. The molecule has 0 bridgehead atoms. The molecule has 0 radical (unpaired) electrons. The van der Waals surface area contributed by atoms with E-state index in [0.717, 1.165) is 12.0 Å². The summed E-state index contributed by atoms with van der Waals surface area (Å²) in [6, 6.07) is 8.16. The number of rotatable bonds is 2. The lowest BCUT2D eigenvalue weighted by Gasteiger charge is -2.10. The van der Waals surface area contributed by atoms with Crippen LogP contribution in [0.15, 0.2) is 24.3 Å². The smallest absolute Gasteiger partial charge is 0.307 e. The van der Waals surface area contributed by atoms with Gasteiger partial charge in [-0.2, -0.15) is 0 Å². The molecule has 1 aromatic rings. The van der Waals surface area contributed by atoms with Gasteiger partial charge in [-0.3, -0.25) is 4.79 Å². The van der Waals surface area contributed by atoms with E-state index in [1.54, 1.807) is 0 Å². The standard InChI is InChI=1S/C12H14O2/c1-8-3-5-9(6-4-8)12(2)7-10(12)11(13)14/h3-6,10H,7H2,1-2H3,(H,13,14)/t10-,12-/m1/s1. The van der Waals surface area contributed by atoms with E-state index in [0.29, 0.717) is 0 Å². The second-order valence-corrected chi connectivity index (χ2v) is 4.38. The van der Waals surface area contributed by atoms with E-state index in [-0.39, 0.29) is 11.3 Å². The van der Waals surface area contributed by atoms with E-state index in [1.165, 1.54) is 5.56 Å². The Balaban J connectivity index is 2.25. The van der Waals surface area contributed by atoms with Gasteiger partial charge in [0.15, 0.2) is 0 Å². The van der Waals surface area contributed by atoms with Gasteiger partial charge in [0.1, 0.15) is 0 Å². The van der Waals surface area contributed by atoms with Crippen LogP contribution in [0.1, 0.15) is 24.5 Å². The van der Waals surface area contributed by atoms with Crippen molar-refractivity contribution in [3.05, 3.63) is 35.4 Å². The van der Waals surface area contributed by atoms with Crippen LogP contribution in [0.25, 0.3) is 0 Å². The molecule has 2 rings (SSSR count). The minimum absolute atomic E-state index is 0.125. The van der Waals surface area contributed by atoms with Crippen molar-refractivity contribution in [1.82, 2.24) is 0 Å². The first-order valence-electron chi connectivity index (χ1n) is 4.84. The highest BCUT2D eigenvalue weighted by Gasteiger charge is 2.55. The van der Waals surface area contributed by atoms with E-state index in [2.05, 4.69) is 0 Å². The third-order valence-electron chi connectivity index (χ3n) is 3.25. The highest BCUT2D eigenvalue weighted by molar-refractivity contribution is 5.77. The maximum atomic E-state index is 10.8. The van der Waals surface area contributed by atoms with Gasteiger partial charge in [0.05, 0.1) is 5.92 Å². The second kappa shape index (κ2) is 2.84. The average molecular weight is 190 g/mol. The van der Waals surface area contributed by atoms with Crippen molar-refractivity contribution in [2.24, 2.45) is 5.92 Å². The van der Waals surface area contributed by atoms with Crippen LogP contribution in [0.5, 0.6) is 0 Å². The Bertz CT molecular complexity index is 366. The van der Waals surface area contributed by atoms with E-state index >= 15 is 0 Å². The number of hydrogen-bond donors (Lipinski definition) is 1. The van der Waals surface area contributed by atoms with E-state index in [1.807, 2.05) is 38.1 Å². The van der Waals surface area contributed by atoms with Gasteiger partial charge >= 0.3 is 5.97 Å². The molecule has 2 atom stereocenters. The molecule has 1 fully saturated rings. The Morgan fingerprint density at radius 2 is 2.00 bits per heavy atom. The summed E-state index contributed by atoms with van der Waals surface area (Å²) in [5, 5.41) is 8.90. The lowest BCUT2D eigenvalue weighted by Crippen LogP contribution is -2.10. The summed E-state index contributed by atoms with van der Waals surface area (Å²) in [6.07, 6.45) is 0.769. The van der Waals surface area contributed by atoms with E-state index in [9.17, 15) is 4.79 Å². The molecule has 1 aromatic carbocycles. The summed E-state index contributed by atoms with van der Waals surface area (Å²) >= 11 is 0. The first-order valence-corrected chi connectivity index (χ1v) is 4.84. The Hall–Kier alpha value is -1.31. The third kappa shape index (κ3) is 1.31. The van der Waals surface area contributed by atoms with Crippen LogP contribution in [-0.4, -0.2) is 11.1 Å². The van der Waals surface area contributed by atoms with Crippen LogP contribution in [0.2, 0.25) is 0 Å². The molecule has 1 N–H and O–H groups in total. The molecule has 0 aromatic heterocycles. The fourth-order valence-electron chi connectivity index (χ4n) is 1.98. The maximum absolute atomic E-state index is 10.8. The van der Waals surface area contributed by atoms with Crippen LogP contribution in [0.3, 0.4) is 0 Å². The van der Waals surface area contributed by atoms with Crippen LogP contribution in [-0.2, 0) is 10.2 Å². The Labute approximate surface area is 83.6 Å². The number of aliphatic carboxylic acids is 1. The minimum Gasteiger partial charge on any atom is -0.481 e. The largest absolute Gasteiger partial charge is 0.481 e. The van der Waals surface area contributed by atoms with Crippen molar-refractivity contribution in [3.8, 4) is 0 Å². The third-order valence-corrected chi connectivity index (χ3v) is 3.25. The Morgan fingerprint density at radius 1 is 1.43 bits per heavy atom. The molecule has 1 aliphatic rings. The first kappa shape index (κ1) is 9.25. The molecule has 1 saturated carbocycles. The van der Waals surface area contributed by atoms with Crippen molar-refractivity contribution in [3.63, 3.8) is 0 Å². The van der Waals surface area contributed by atoms with Crippen molar-refractivity contribution in [1.29, 1.82) is 0 Å². The van der Waals surface area contributed by atoms with Gasteiger partial charge in [-0.15, -0.1) is 0 Å². The lowest BCUT2D eigenvalue weighted by atomic mass is 9.95. The number of carbonyl (C=O) groups is 1. The van der Waals surface area contributed by atoms with Gasteiger partial charge in [-0.1, -0.05) is 36.8 Å². The molecule has 0 heterocycles. The van der Waals surface area contributed by atoms with Crippen LogP contribution in [0.4, 0.5) is 0 Å². The molecule has 14 heavy (non-hydrogen) atoms. The zero-order valence-electron chi connectivity index (χ0n) is 8.45. The molecule has 0 unspecified atom stereocenters. The number of carboxylic acid groups (broad SMARTS) is 1. The molecular weight excluding hydrogens is 176 g/mol. The number of benzene rings is 1. The SMILES string of the molecule is Cc1ccc([C@@]2(C)C[C@@H]2C(=O)O)cc1. The van der Waals surface area contributed by atoms with Gasteiger partial charge in [0.25, 0.3) is 0 Å². The molecule has 74 valence electrons. The summed E-state index contributed by atoms with van der Waals surface area (Å²) in [5.74, 6) is -0.863. The maximum Gasteiger partial charge on any atom is 0.307 e. The predicted molar refractivity (Wildman–Crippen MR) is 54.3 cm³/mol. The van der Waals surface area contributed by atoms with Crippen LogP contribution in [0, 0.1) is 12.8 Å². The summed E-state index contributed by atoms with van der Waals surface area (Å²) in [6.45, 7) is 4.06.